The number of anilines is 1. The van der Waals surface area contributed by atoms with E-state index in [0.717, 1.165) is 5.56 Å². The van der Waals surface area contributed by atoms with Crippen LogP contribution in [0.2, 0.25) is 0 Å². The number of nitrogens with zero attached hydrogens (tertiary/aromatic N) is 2. The van der Waals surface area contributed by atoms with Gasteiger partial charge in [0.1, 0.15) is 11.8 Å². The Morgan fingerprint density at radius 3 is 2.34 bits per heavy atom. The van der Waals surface area contributed by atoms with Crippen LogP contribution in [0.5, 0.6) is 17.2 Å². The van der Waals surface area contributed by atoms with Gasteiger partial charge >= 0.3 is 0 Å². The predicted molar refractivity (Wildman–Crippen MR) is 125 cm³/mol. The molecule has 1 saturated heterocycles. The van der Waals surface area contributed by atoms with Crippen LogP contribution >= 0.6 is 12.2 Å². The van der Waals surface area contributed by atoms with E-state index in [1.54, 1.807) is 52.6 Å². The maximum atomic E-state index is 12.8. The van der Waals surface area contributed by atoms with Crippen molar-refractivity contribution in [2.75, 3.05) is 40.2 Å². The molecule has 32 heavy (non-hydrogen) atoms. The monoisotopic (exact) mass is 457 g/mol. The molecule has 0 spiro atoms. The zero-order chi connectivity index (χ0) is 23.3. The van der Waals surface area contributed by atoms with Crippen molar-refractivity contribution in [2.45, 2.75) is 18.9 Å². The minimum absolute atomic E-state index is 0.00127. The number of methoxy groups -OCH3 is 3. The third-order valence-electron chi connectivity index (χ3n) is 5.37. The Morgan fingerprint density at radius 2 is 1.72 bits per heavy atom. The van der Waals surface area contributed by atoms with Gasteiger partial charge in [-0.1, -0.05) is 6.07 Å². The Kier molecular flexibility index (Phi) is 7.53. The first-order valence-electron chi connectivity index (χ1n) is 10.1. The first kappa shape index (κ1) is 23.3. The zero-order valence-corrected chi connectivity index (χ0v) is 19.4. The average molecular weight is 458 g/mol. The predicted octanol–water partition coefficient (Wildman–Crippen LogP) is 2.71. The number of ether oxygens (including phenoxy) is 3. The van der Waals surface area contributed by atoms with Gasteiger partial charge in [0, 0.05) is 19.3 Å². The Morgan fingerprint density at radius 1 is 1.03 bits per heavy atom. The second kappa shape index (κ2) is 10.3. The van der Waals surface area contributed by atoms with Crippen LogP contribution in [-0.4, -0.2) is 67.7 Å². The summed E-state index contributed by atoms with van der Waals surface area (Å²) in [4.78, 5) is 28.6. The summed E-state index contributed by atoms with van der Waals surface area (Å²) < 4.78 is 15.8. The number of rotatable bonds is 9. The van der Waals surface area contributed by atoms with Crippen molar-refractivity contribution in [3.8, 4) is 17.2 Å². The number of benzene rings is 2. The molecule has 1 aliphatic heterocycles. The summed E-state index contributed by atoms with van der Waals surface area (Å²) in [7, 11) is 6.39. The van der Waals surface area contributed by atoms with E-state index in [2.05, 4.69) is 5.32 Å². The Bertz CT molecular complexity index is 996. The molecule has 2 aromatic rings. The molecule has 0 saturated carbocycles. The number of nitrogens with one attached hydrogen (secondary N) is 1. The van der Waals surface area contributed by atoms with Gasteiger partial charge in [0.25, 0.3) is 5.91 Å². The molecule has 1 fully saturated rings. The number of thiocarbonyl (C=S) groups is 1. The van der Waals surface area contributed by atoms with E-state index in [-0.39, 0.29) is 18.2 Å². The lowest BCUT2D eigenvalue weighted by Crippen LogP contribution is -2.39. The highest BCUT2D eigenvalue weighted by Crippen LogP contribution is 2.28. The molecule has 2 aromatic carbocycles. The van der Waals surface area contributed by atoms with E-state index in [4.69, 9.17) is 26.4 Å². The summed E-state index contributed by atoms with van der Waals surface area (Å²) in [6.07, 6.45) is 0.624. The molecule has 0 bridgehead atoms. The van der Waals surface area contributed by atoms with Gasteiger partial charge in [0.05, 0.1) is 27.8 Å². The van der Waals surface area contributed by atoms with Gasteiger partial charge in [-0.3, -0.25) is 14.5 Å². The van der Waals surface area contributed by atoms with Crippen molar-refractivity contribution in [3.63, 3.8) is 0 Å². The molecule has 1 N–H and O–H groups in total. The standard InChI is InChI=1S/C23H27N3O5S/c1-25-22(28)18(14-21(27)24-16-6-8-17(29-2)9-7-16)26(23(25)32)12-11-15-5-10-19(30-3)20(13-15)31-4/h5-10,13,18H,11-12,14H2,1-4H3,(H,24,27)/t18-/m1/s1. The zero-order valence-electron chi connectivity index (χ0n) is 18.6. The minimum Gasteiger partial charge on any atom is -0.497 e. The molecular formula is C23H27N3O5S. The molecule has 9 heteroatoms. The fourth-order valence-corrected chi connectivity index (χ4v) is 3.88. The molecule has 1 aliphatic rings. The highest BCUT2D eigenvalue weighted by atomic mass is 32.1. The van der Waals surface area contributed by atoms with Crippen LogP contribution < -0.4 is 19.5 Å². The van der Waals surface area contributed by atoms with Crippen molar-refractivity contribution in [3.05, 3.63) is 48.0 Å². The molecule has 0 aromatic heterocycles. The summed E-state index contributed by atoms with van der Waals surface area (Å²) in [5.74, 6) is 1.53. The summed E-state index contributed by atoms with van der Waals surface area (Å²) >= 11 is 5.47. The summed E-state index contributed by atoms with van der Waals surface area (Å²) in [5, 5.41) is 3.24. The Balaban J connectivity index is 1.67. The number of likely N-dealkylation sites (N-methyl/N-ethyl adjacent to an activating group) is 1. The van der Waals surface area contributed by atoms with Crippen LogP contribution in [0.15, 0.2) is 42.5 Å². The van der Waals surface area contributed by atoms with Gasteiger partial charge < -0.3 is 24.4 Å². The highest BCUT2D eigenvalue weighted by Gasteiger charge is 2.41. The number of carbonyl (C=O) groups excluding carboxylic acids is 2. The Labute approximate surface area is 193 Å². The van der Waals surface area contributed by atoms with E-state index in [1.807, 2.05) is 23.1 Å². The summed E-state index contributed by atoms with van der Waals surface area (Å²) in [6, 6.07) is 12.0. The Hall–Kier alpha value is -3.33. The quantitative estimate of drug-likeness (QED) is 0.580. The first-order valence-corrected chi connectivity index (χ1v) is 10.5. The van der Waals surface area contributed by atoms with E-state index in [9.17, 15) is 9.59 Å². The van der Waals surface area contributed by atoms with Crippen molar-refractivity contribution >= 4 is 34.8 Å². The van der Waals surface area contributed by atoms with Gasteiger partial charge in [-0.2, -0.15) is 0 Å². The van der Waals surface area contributed by atoms with Crippen molar-refractivity contribution in [1.82, 2.24) is 9.80 Å². The van der Waals surface area contributed by atoms with E-state index in [1.165, 1.54) is 4.90 Å². The fourth-order valence-electron chi connectivity index (χ4n) is 3.57. The largest absolute Gasteiger partial charge is 0.497 e. The van der Waals surface area contributed by atoms with Gasteiger partial charge in [0.2, 0.25) is 5.91 Å². The summed E-state index contributed by atoms with van der Waals surface area (Å²) in [6.45, 7) is 0.491. The van der Waals surface area contributed by atoms with E-state index in [0.29, 0.717) is 41.0 Å². The topological polar surface area (TPSA) is 80.3 Å². The van der Waals surface area contributed by atoms with Crippen LogP contribution in [0.1, 0.15) is 12.0 Å². The molecule has 0 unspecified atom stereocenters. The fraction of sp³-hybridized carbons (Fsp3) is 0.348. The van der Waals surface area contributed by atoms with Crippen LogP contribution in [0.4, 0.5) is 5.69 Å². The SMILES string of the molecule is COc1ccc(NC(=O)C[C@@H]2C(=O)N(C)C(=S)N2CCc2ccc(OC)c(OC)c2)cc1. The molecule has 1 atom stereocenters. The van der Waals surface area contributed by atoms with Crippen LogP contribution in [-0.2, 0) is 16.0 Å². The lowest BCUT2D eigenvalue weighted by Gasteiger charge is -2.23. The second-order valence-electron chi connectivity index (χ2n) is 7.31. The molecule has 0 aliphatic carbocycles. The number of hydrogen-bond acceptors (Lipinski definition) is 6. The first-order chi connectivity index (χ1) is 15.4. The number of hydrogen-bond donors (Lipinski definition) is 1. The van der Waals surface area contributed by atoms with E-state index >= 15 is 0 Å². The molecule has 2 amide bonds. The molecule has 3 rings (SSSR count). The molecule has 8 nitrogen and oxygen atoms in total. The van der Waals surface area contributed by atoms with Crippen molar-refractivity contribution < 1.29 is 23.8 Å². The van der Waals surface area contributed by atoms with Crippen LogP contribution in [0, 0.1) is 0 Å². The van der Waals surface area contributed by atoms with Gasteiger partial charge in [-0.25, -0.2) is 0 Å². The number of carbonyl (C=O) groups is 2. The van der Waals surface area contributed by atoms with Gasteiger partial charge in [-0.05, 0) is 60.6 Å². The number of amides is 2. The average Bonchev–Trinajstić information content (AvgIpc) is 3.01. The highest BCUT2D eigenvalue weighted by molar-refractivity contribution is 7.80. The van der Waals surface area contributed by atoms with Crippen LogP contribution in [0.3, 0.4) is 0 Å². The third kappa shape index (κ3) is 5.11. The van der Waals surface area contributed by atoms with Crippen molar-refractivity contribution in [2.24, 2.45) is 0 Å². The third-order valence-corrected chi connectivity index (χ3v) is 5.87. The summed E-state index contributed by atoms with van der Waals surface area (Å²) in [5.41, 5.74) is 1.64. The maximum absolute atomic E-state index is 12.8. The second-order valence-corrected chi connectivity index (χ2v) is 7.67. The van der Waals surface area contributed by atoms with Crippen LogP contribution in [0.25, 0.3) is 0 Å². The van der Waals surface area contributed by atoms with E-state index < -0.39 is 6.04 Å². The molecule has 170 valence electrons. The maximum Gasteiger partial charge on any atom is 0.251 e. The minimum atomic E-state index is -0.647. The molecular weight excluding hydrogens is 430 g/mol. The normalized spacial score (nSPS) is 15.7. The molecule has 0 radical (unpaired) electrons. The molecule has 1 heterocycles. The van der Waals surface area contributed by atoms with Gasteiger partial charge in [-0.15, -0.1) is 0 Å². The van der Waals surface area contributed by atoms with Crippen molar-refractivity contribution in [1.29, 1.82) is 0 Å². The van der Waals surface area contributed by atoms with Gasteiger partial charge in [0.15, 0.2) is 16.6 Å². The lowest BCUT2D eigenvalue weighted by atomic mass is 10.1. The lowest BCUT2D eigenvalue weighted by molar-refractivity contribution is -0.130. The smallest absolute Gasteiger partial charge is 0.251 e.